The molecule has 1 saturated carbocycles. The number of halogens is 1. The third-order valence-corrected chi connectivity index (χ3v) is 4.31. The largest absolute Gasteiger partial charge is 0.380 e. The first-order chi connectivity index (χ1) is 8.36. The summed E-state index contributed by atoms with van der Waals surface area (Å²) in [6.07, 6.45) is 3.67. The molecule has 1 fully saturated rings. The highest BCUT2D eigenvalue weighted by Gasteiger charge is 2.22. The molecule has 4 nitrogen and oxygen atoms in total. The zero-order valence-corrected chi connectivity index (χ0v) is 11.0. The highest BCUT2D eigenvalue weighted by atomic mass is 32.2. The molecule has 0 aliphatic heterocycles. The quantitative estimate of drug-likeness (QED) is 0.818. The standard InChI is InChI=1S/C12H17FN2O2S/c1-18(16,17)10-4-5-11(13)12(7-10)15-9-3-2-8(14)6-9/h4-5,7-9,15H,2-3,6,14H2,1H3. The molecule has 1 aliphatic rings. The van der Waals surface area contributed by atoms with Gasteiger partial charge in [0.2, 0.25) is 0 Å². The van der Waals surface area contributed by atoms with E-state index in [-0.39, 0.29) is 22.7 Å². The molecular formula is C12H17FN2O2S. The number of nitrogens with one attached hydrogen (secondary N) is 1. The fourth-order valence-corrected chi connectivity index (χ4v) is 2.86. The molecule has 1 aliphatic carbocycles. The van der Waals surface area contributed by atoms with Gasteiger partial charge in [-0.05, 0) is 37.5 Å². The van der Waals surface area contributed by atoms with Crippen LogP contribution in [0.3, 0.4) is 0 Å². The fraction of sp³-hybridized carbons (Fsp3) is 0.500. The van der Waals surface area contributed by atoms with Gasteiger partial charge in [-0.25, -0.2) is 12.8 Å². The zero-order valence-electron chi connectivity index (χ0n) is 10.2. The van der Waals surface area contributed by atoms with Gasteiger partial charge in [-0.15, -0.1) is 0 Å². The maximum absolute atomic E-state index is 13.6. The number of rotatable bonds is 3. The first kappa shape index (κ1) is 13.3. The van der Waals surface area contributed by atoms with Gasteiger partial charge in [0.15, 0.2) is 9.84 Å². The van der Waals surface area contributed by atoms with Crippen molar-refractivity contribution in [2.24, 2.45) is 5.73 Å². The van der Waals surface area contributed by atoms with Gasteiger partial charge in [0.25, 0.3) is 0 Å². The van der Waals surface area contributed by atoms with Crippen molar-refractivity contribution in [1.29, 1.82) is 0 Å². The van der Waals surface area contributed by atoms with Crippen molar-refractivity contribution >= 4 is 15.5 Å². The minimum absolute atomic E-state index is 0.115. The highest BCUT2D eigenvalue weighted by molar-refractivity contribution is 7.90. The Labute approximate surface area is 106 Å². The minimum atomic E-state index is -3.32. The number of hydrogen-bond acceptors (Lipinski definition) is 4. The lowest BCUT2D eigenvalue weighted by atomic mass is 10.2. The van der Waals surface area contributed by atoms with E-state index in [1.807, 2.05) is 0 Å². The van der Waals surface area contributed by atoms with Gasteiger partial charge in [-0.3, -0.25) is 0 Å². The smallest absolute Gasteiger partial charge is 0.175 e. The van der Waals surface area contributed by atoms with Crippen molar-refractivity contribution in [3.05, 3.63) is 24.0 Å². The van der Waals surface area contributed by atoms with E-state index in [2.05, 4.69) is 5.32 Å². The Balaban J connectivity index is 2.22. The number of hydrogen-bond donors (Lipinski definition) is 2. The Morgan fingerprint density at radius 1 is 1.39 bits per heavy atom. The van der Waals surface area contributed by atoms with Gasteiger partial charge < -0.3 is 11.1 Å². The Morgan fingerprint density at radius 2 is 2.11 bits per heavy atom. The summed E-state index contributed by atoms with van der Waals surface area (Å²) in [7, 11) is -3.32. The van der Waals surface area contributed by atoms with Gasteiger partial charge in [0, 0.05) is 18.3 Å². The third-order valence-electron chi connectivity index (χ3n) is 3.20. The second kappa shape index (κ2) is 4.85. The molecule has 6 heteroatoms. The summed E-state index contributed by atoms with van der Waals surface area (Å²) in [4.78, 5) is 0.119. The number of nitrogens with two attached hydrogens (primary N) is 1. The average molecular weight is 272 g/mol. The van der Waals surface area contributed by atoms with Crippen LogP contribution in [0, 0.1) is 5.82 Å². The molecule has 3 N–H and O–H groups in total. The van der Waals surface area contributed by atoms with Crippen molar-refractivity contribution < 1.29 is 12.8 Å². The predicted molar refractivity (Wildman–Crippen MR) is 68.7 cm³/mol. The molecule has 0 amide bonds. The van der Waals surface area contributed by atoms with Crippen LogP contribution in [0.5, 0.6) is 0 Å². The van der Waals surface area contributed by atoms with Crippen LogP contribution in [0.25, 0.3) is 0 Å². The second-order valence-electron chi connectivity index (χ2n) is 4.83. The van der Waals surface area contributed by atoms with Crippen LogP contribution in [-0.2, 0) is 9.84 Å². The SMILES string of the molecule is CS(=O)(=O)c1ccc(F)c(NC2CCC(N)C2)c1. The van der Waals surface area contributed by atoms with E-state index < -0.39 is 15.7 Å². The highest BCUT2D eigenvalue weighted by Crippen LogP contribution is 2.25. The molecule has 0 aromatic heterocycles. The number of benzene rings is 1. The van der Waals surface area contributed by atoms with Crippen molar-refractivity contribution in [1.82, 2.24) is 0 Å². The van der Waals surface area contributed by atoms with Crippen LogP contribution in [0.1, 0.15) is 19.3 Å². The van der Waals surface area contributed by atoms with Crippen molar-refractivity contribution in [3.8, 4) is 0 Å². The maximum atomic E-state index is 13.6. The van der Waals surface area contributed by atoms with E-state index in [1.165, 1.54) is 18.2 Å². The summed E-state index contributed by atoms with van der Waals surface area (Å²) in [5, 5.41) is 3.03. The van der Waals surface area contributed by atoms with Crippen LogP contribution in [-0.4, -0.2) is 26.8 Å². The Bertz CT molecular complexity index is 545. The van der Waals surface area contributed by atoms with Crippen LogP contribution in [0.4, 0.5) is 10.1 Å². The normalized spacial score (nSPS) is 24.2. The molecule has 0 saturated heterocycles. The fourth-order valence-electron chi connectivity index (χ4n) is 2.21. The monoisotopic (exact) mass is 272 g/mol. The van der Waals surface area contributed by atoms with Crippen LogP contribution < -0.4 is 11.1 Å². The minimum Gasteiger partial charge on any atom is -0.380 e. The van der Waals surface area contributed by atoms with Gasteiger partial charge in [-0.2, -0.15) is 0 Å². The van der Waals surface area contributed by atoms with Gasteiger partial charge in [-0.1, -0.05) is 0 Å². The molecule has 18 heavy (non-hydrogen) atoms. The summed E-state index contributed by atoms with van der Waals surface area (Å²) >= 11 is 0. The Hall–Kier alpha value is -1.14. The van der Waals surface area contributed by atoms with Crippen LogP contribution in [0.15, 0.2) is 23.1 Å². The molecule has 1 aromatic carbocycles. The van der Waals surface area contributed by atoms with E-state index in [1.54, 1.807) is 0 Å². The van der Waals surface area contributed by atoms with E-state index in [0.29, 0.717) is 0 Å². The van der Waals surface area contributed by atoms with Gasteiger partial charge in [0.1, 0.15) is 5.82 Å². The molecule has 2 rings (SSSR count). The molecule has 1 aromatic rings. The lowest BCUT2D eigenvalue weighted by Crippen LogP contribution is -2.21. The second-order valence-corrected chi connectivity index (χ2v) is 6.84. The topological polar surface area (TPSA) is 72.2 Å². The number of sulfone groups is 1. The molecule has 2 unspecified atom stereocenters. The zero-order chi connectivity index (χ0) is 13.3. The summed E-state index contributed by atoms with van der Waals surface area (Å²) in [6, 6.07) is 4.05. The van der Waals surface area contributed by atoms with Gasteiger partial charge in [0.05, 0.1) is 10.6 Å². The summed E-state index contributed by atoms with van der Waals surface area (Å²) in [6.45, 7) is 0. The lowest BCUT2D eigenvalue weighted by Gasteiger charge is -2.15. The average Bonchev–Trinajstić information content (AvgIpc) is 2.66. The predicted octanol–water partition coefficient (Wildman–Crippen LogP) is 1.52. The first-order valence-electron chi connectivity index (χ1n) is 5.88. The third kappa shape index (κ3) is 3.00. The number of anilines is 1. The van der Waals surface area contributed by atoms with Crippen LogP contribution >= 0.6 is 0 Å². The van der Waals surface area contributed by atoms with Crippen molar-refractivity contribution in [2.75, 3.05) is 11.6 Å². The Kier molecular flexibility index (Phi) is 3.59. The van der Waals surface area contributed by atoms with Crippen molar-refractivity contribution in [3.63, 3.8) is 0 Å². The first-order valence-corrected chi connectivity index (χ1v) is 7.77. The van der Waals surface area contributed by atoms with E-state index >= 15 is 0 Å². The lowest BCUT2D eigenvalue weighted by molar-refractivity contribution is 0.600. The van der Waals surface area contributed by atoms with E-state index in [0.717, 1.165) is 25.5 Å². The van der Waals surface area contributed by atoms with Crippen LogP contribution in [0.2, 0.25) is 0 Å². The molecular weight excluding hydrogens is 255 g/mol. The molecule has 0 radical (unpaired) electrons. The van der Waals surface area contributed by atoms with Crippen molar-refractivity contribution in [2.45, 2.75) is 36.2 Å². The maximum Gasteiger partial charge on any atom is 0.175 e. The van der Waals surface area contributed by atoms with E-state index in [4.69, 9.17) is 5.73 Å². The summed E-state index contributed by atoms with van der Waals surface area (Å²) in [5.41, 5.74) is 6.02. The Morgan fingerprint density at radius 3 is 2.67 bits per heavy atom. The van der Waals surface area contributed by atoms with Gasteiger partial charge >= 0.3 is 0 Å². The molecule has 0 heterocycles. The molecule has 2 atom stereocenters. The molecule has 0 spiro atoms. The van der Waals surface area contributed by atoms with E-state index in [9.17, 15) is 12.8 Å². The summed E-state index contributed by atoms with van der Waals surface area (Å²) < 4.78 is 36.5. The molecule has 0 bridgehead atoms. The summed E-state index contributed by atoms with van der Waals surface area (Å²) in [5.74, 6) is -0.442. The molecule has 100 valence electrons.